The number of primary amides is 1. The van der Waals surface area contributed by atoms with Crippen LogP contribution in [0.3, 0.4) is 0 Å². The van der Waals surface area contributed by atoms with Crippen LogP contribution in [-0.4, -0.2) is 76.6 Å². The van der Waals surface area contributed by atoms with E-state index in [1.165, 1.54) is 0 Å². The van der Waals surface area contributed by atoms with E-state index in [4.69, 9.17) is 5.73 Å². The SMILES string of the molecule is CC(C)C(NC(=O)CCCC[C@@H]1SC[C@@H]2NC(=O)N[C@@H]21)C(=O)N[C@@H](CCCNC(N)=O)C(=O)Nc1ccc(CO)cc1. The van der Waals surface area contributed by atoms with Gasteiger partial charge in [0.05, 0.1) is 18.7 Å². The molecule has 1 aromatic carbocycles. The minimum Gasteiger partial charge on any atom is -0.392 e. The van der Waals surface area contributed by atoms with Crippen LogP contribution in [0.2, 0.25) is 0 Å². The van der Waals surface area contributed by atoms with E-state index < -0.39 is 29.9 Å². The zero-order valence-corrected chi connectivity index (χ0v) is 24.9. The standard InChI is InChI=1S/C28H43N7O6S/c1-16(2)23(34-22(37)8-4-3-7-21-24-20(15-42-21)33-28(41)35-24)26(39)32-19(6-5-13-30-27(29)40)25(38)31-18-11-9-17(14-36)10-12-18/h9-12,16,19-21,23-24,36H,3-8,13-15H2,1-2H3,(H,31,38)(H,32,39)(H,34,37)(H3,29,30,40)(H2,33,35,41)/t19-,20-,21-,23?,24-/m0/s1. The van der Waals surface area contributed by atoms with Crippen LogP contribution in [0.25, 0.3) is 0 Å². The number of carbonyl (C=O) groups excluding carboxylic acids is 5. The molecule has 5 atom stereocenters. The second-order valence-corrected chi connectivity index (χ2v) is 12.3. The Hall–Kier alpha value is -3.52. The van der Waals surface area contributed by atoms with Crippen molar-refractivity contribution in [2.24, 2.45) is 11.7 Å². The van der Waals surface area contributed by atoms with E-state index in [1.54, 1.807) is 24.3 Å². The number of amides is 7. The summed E-state index contributed by atoms with van der Waals surface area (Å²) in [5, 5.41) is 26.3. The summed E-state index contributed by atoms with van der Waals surface area (Å²) in [4.78, 5) is 61.7. The van der Waals surface area contributed by atoms with Crippen LogP contribution in [0, 0.1) is 5.92 Å². The molecule has 0 bridgehead atoms. The summed E-state index contributed by atoms with van der Waals surface area (Å²) in [6.07, 6.45) is 3.23. The second-order valence-electron chi connectivity index (χ2n) is 11.0. The fourth-order valence-corrected chi connectivity index (χ4v) is 6.57. The van der Waals surface area contributed by atoms with E-state index in [9.17, 15) is 29.1 Å². The van der Waals surface area contributed by atoms with Crippen LogP contribution in [-0.2, 0) is 21.0 Å². The smallest absolute Gasteiger partial charge is 0.315 e. The third-order valence-corrected chi connectivity index (χ3v) is 8.86. The Morgan fingerprint density at radius 3 is 2.45 bits per heavy atom. The fourth-order valence-electron chi connectivity index (χ4n) is 5.03. The molecule has 9 N–H and O–H groups in total. The van der Waals surface area contributed by atoms with Crippen molar-refractivity contribution in [2.45, 2.75) is 88.4 Å². The predicted octanol–water partition coefficient (Wildman–Crippen LogP) is 0.917. The highest BCUT2D eigenvalue weighted by Gasteiger charge is 2.42. The van der Waals surface area contributed by atoms with Gasteiger partial charge < -0.3 is 42.7 Å². The van der Waals surface area contributed by atoms with Crippen LogP contribution in [0.5, 0.6) is 0 Å². The van der Waals surface area contributed by atoms with Gasteiger partial charge in [0.15, 0.2) is 0 Å². The third kappa shape index (κ3) is 10.1. The van der Waals surface area contributed by atoms with Crippen LogP contribution in [0.4, 0.5) is 15.3 Å². The van der Waals surface area contributed by atoms with E-state index in [0.29, 0.717) is 29.3 Å². The number of carbonyl (C=O) groups is 5. The molecule has 2 heterocycles. The highest BCUT2D eigenvalue weighted by atomic mass is 32.2. The molecule has 0 radical (unpaired) electrons. The van der Waals surface area contributed by atoms with Gasteiger partial charge in [0.2, 0.25) is 17.7 Å². The second kappa shape index (κ2) is 16.2. The van der Waals surface area contributed by atoms with Gasteiger partial charge in [-0.25, -0.2) is 9.59 Å². The maximum Gasteiger partial charge on any atom is 0.315 e. The van der Waals surface area contributed by atoms with Crippen molar-refractivity contribution in [3.05, 3.63) is 29.8 Å². The lowest BCUT2D eigenvalue weighted by atomic mass is 10.0. The number of fused-ring (bicyclic) bond motifs is 1. The molecule has 0 spiro atoms. The summed E-state index contributed by atoms with van der Waals surface area (Å²) in [7, 11) is 0. The molecule has 7 amide bonds. The maximum atomic E-state index is 13.3. The van der Waals surface area contributed by atoms with Gasteiger partial charge in [0.25, 0.3) is 0 Å². The van der Waals surface area contributed by atoms with E-state index in [2.05, 4.69) is 31.9 Å². The number of urea groups is 2. The minimum atomic E-state index is -0.929. The molecule has 42 heavy (non-hydrogen) atoms. The Kier molecular flexibility index (Phi) is 12.7. The minimum absolute atomic E-state index is 0.119. The van der Waals surface area contributed by atoms with E-state index in [1.807, 2.05) is 25.6 Å². The fraction of sp³-hybridized carbons (Fsp3) is 0.607. The van der Waals surface area contributed by atoms with E-state index in [0.717, 1.165) is 18.6 Å². The number of aliphatic hydroxyl groups excluding tert-OH is 1. The molecule has 14 heteroatoms. The van der Waals surface area contributed by atoms with Crippen molar-refractivity contribution in [3.8, 4) is 0 Å². The van der Waals surface area contributed by atoms with Gasteiger partial charge in [-0.15, -0.1) is 0 Å². The van der Waals surface area contributed by atoms with Crippen molar-refractivity contribution in [1.29, 1.82) is 0 Å². The van der Waals surface area contributed by atoms with Gasteiger partial charge in [0, 0.05) is 29.7 Å². The summed E-state index contributed by atoms with van der Waals surface area (Å²) in [6.45, 7) is 3.74. The van der Waals surface area contributed by atoms with Crippen LogP contribution < -0.4 is 37.6 Å². The highest BCUT2D eigenvalue weighted by Crippen LogP contribution is 2.33. The number of aliphatic hydroxyl groups is 1. The van der Waals surface area contributed by atoms with Gasteiger partial charge in [-0.3, -0.25) is 14.4 Å². The molecular weight excluding hydrogens is 562 g/mol. The Balaban J connectivity index is 1.51. The number of benzene rings is 1. The lowest BCUT2D eigenvalue weighted by Crippen LogP contribution is -2.54. The quantitative estimate of drug-likeness (QED) is 0.101. The van der Waals surface area contributed by atoms with Crippen molar-refractivity contribution in [3.63, 3.8) is 0 Å². The number of nitrogens with two attached hydrogens (primary N) is 1. The van der Waals surface area contributed by atoms with Gasteiger partial charge in [-0.05, 0) is 49.3 Å². The highest BCUT2D eigenvalue weighted by molar-refractivity contribution is 8.00. The van der Waals surface area contributed by atoms with E-state index >= 15 is 0 Å². The number of rotatable bonds is 16. The van der Waals surface area contributed by atoms with E-state index in [-0.39, 0.29) is 55.9 Å². The van der Waals surface area contributed by atoms with Crippen molar-refractivity contribution in [2.75, 3.05) is 17.6 Å². The molecule has 0 saturated carbocycles. The monoisotopic (exact) mass is 605 g/mol. The van der Waals surface area contributed by atoms with Crippen molar-refractivity contribution >= 4 is 47.2 Å². The maximum absolute atomic E-state index is 13.3. The van der Waals surface area contributed by atoms with Gasteiger partial charge >= 0.3 is 12.1 Å². The largest absolute Gasteiger partial charge is 0.392 e. The lowest BCUT2D eigenvalue weighted by Gasteiger charge is -2.25. The first-order valence-electron chi connectivity index (χ1n) is 14.4. The van der Waals surface area contributed by atoms with Gasteiger partial charge in [-0.2, -0.15) is 11.8 Å². The molecule has 0 aromatic heterocycles. The van der Waals surface area contributed by atoms with Crippen LogP contribution in [0.15, 0.2) is 24.3 Å². The Bertz CT molecular complexity index is 1100. The molecule has 1 unspecified atom stereocenters. The molecule has 2 aliphatic rings. The molecular formula is C28H43N7O6S. The molecule has 232 valence electrons. The third-order valence-electron chi connectivity index (χ3n) is 7.35. The molecule has 2 saturated heterocycles. The number of unbranched alkanes of at least 4 members (excludes halogenated alkanes) is 1. The summed E-state index contributed by atoms with van der Waals surface area (Å²) in [5.74, 6) is -0.516. The summed E-state index contributed by atoms with van der Waals surface area (Å²) < 4.78 is 0. The molecule has 1 aromatic rings. The summed E-state index contributed by atoms with van der Waals surface area (Å²) in [6, 6.07) is 4.38. The Morgan fingerprint density at radius 1 is 1.05 bits per heavy atom. The van der Waals surface area contributed by atoms with Gasteiger partial charge in [0.1, 0.15) is 12.1 Å². The molecule has 13 nitrogen and oxygen atoms in total. The van der Waals surface area contributed by atoms with Crippen molar-refractivity contribution < 1.29 is 29.1 Å². The average Bonchev–Trinajstić information content (AvgIpc) is 3.50. The number of nitrogens with one attached hydrogen (secondary N) is 6. The van der Waals surface area contributed by atoms with Gasteiger partial charge in [-0.1, -0.05) is 32.4 Å². The number of hydrogen-bond acceptors (Lipinski definition) is 7. The number of hydrogen-bond donors (Lipinski definition) is 8. The summed E-state index contributed by atoms with van der Waals surface area (Å²) in [5.41, 5.74) is 6.31. The first-order chi connectivity index (χ1) is 20.1. The predicted molar refractivity (Wildman–Crippen MR) is 160 cm³/mol. The average molecular weight is 606 g/mol. The normalized spacial score (nSPS) is 20.6. The number of thioether (sulfide) groups is 1. The molecule has 0 aliphatic carbocycles. The lowest BCUT2D eigenvalue weighted by molar-refractivity contribution is -0.132. The summed E-state index contributed by atoms with van der Waals surface area (Å²) >= 11 is 1.83. The zero-order chi connectivity index (χ0) is 30.6. The zero-order valence-electron chi connectivity index (χ0n) is 24.1. The Labute approximate surface area is 250 Å². The first-order valence-corrected chi connectivity index (χ1v) is 15.4. The Morgan fingerprint density at radius 2 is 1.79 bits per heavy atom. The number of anilines is 1. The van der Waals surface area contributed by atoms with Crippen LogP contribution >= 0.6 is 11.8 Å². The molecule has 2 aliphatic heterocycles. The van der Waals surface area contributed by atoms with Crippen molar-refractivity contribution in [1.82, 2.24) is 26.6 Å². The first kappa shape index (κ1) is 33.0. The topological polar surface area (TPSA) is 204 Å². The van der Waals surface area contributed by atoms with Crippen LogP contribution in [0.1, 0.15) is 57.9 Å². The molecule has 3 rings (SSSR count). The molecule has 2 fully saturated rings.